The van der Waals surface area contributed by atoms with Gasteiger partial charge < -0.3 is 19.9 Å². The lowest BCUT2D eigenvalue weighted by molar-refractivity contribution is -0.139. The minimum absolute atomic E-state index is 0.00479. The Morgan fingerprint density at radius 3 is 2.35 bits per heavy atom. The number of carbonyl (C=O) groups is 2. The molecule has 0 bridgehead atoms. The predicted molar refractivity (Wildman–Crippen MR) is 167 cm³/mol. The second-order valence-electron chi connectivity index (χ2n) is 12.2. The molecule has 246 valence electrons. The Balaban J connectivity index is 1.82. The second kappa shape index (κ2) is 13.9. The molecule has 0 saturated carbocycles. The van der Waals surface area contributed by atoms with Crippen LogP contribution in [0.25, 0.3) is 16.9 Å². The van der Waals surface area contributed by atoms with Gasteiger partial charge >= 0.3 is 12.1 Å². The van der Waals surface area contributed by atoms with Gasteiger partial charge in [-0.25, -0.2) is 9.50 Å². The highest BCUT2D eigenvalue weighted by Gasteiger charge is 2.36. The van der Waals surface area contributed by atoms with Gasteiger partial charge in [0.2, 0.25) is 5.91 Å². The number of nitrogens with zero attached hydrogens (tertiary/aromatic N) is 5. The number of carboxylic acid groups (broad SMARTS) is 1. The van der Waals surface area contributed by atoms with Gasteiger partial charge in [-0.1, -0.05) is 32.0 Å². The smallest absolute Gasteiger partial charge is 0.416 e. The molecule has 1 aromatic carbocycles. The van der Waals surface area contributed by atoms with Gasteiger partial charge in [-0.15, -0.1) is 0 Å². The zero-order valence-electron chi connectivity index (χ0n) is 26.7. The van der Waals surface area contributed by atoms with E-state index >= 15 is 0 Å². The molecule has 0 aliphatic rings. The minimum atomic E-state index is -4.76. The Bertz CT molecular complexity index is 1770. The third-order valence-electron chi connectivity index (χ3n) is 7.81. The molecule has 0 saturated heterocycles. The van der Waals surface area contributed by atoms with Gasteiger partial charge in [0.15, 0.2) is 5.65 Å². The molecule has 3 heterocycles. The van der Waals surface area contributed by atoms with Crippen LogP contribution in [0.2, 0.25) is 0 Å². The number of aromatic nitrogens is 4. The molecule has 3 aromatic heterocycles. The number of alkyl halides is 3. The lowest BCUT2D eigenvalue weighted by Gasteiger charge is -2.26. The van der Waals surface area contributed by atoms with Crippen LogP contribution in [0.4, 0.5) is 13.2 Å². The molecule has 1 amide bonds. The van der Waals surface area contributed by atoms with Crippen LogP contribution in [0.1, 0.15) is 66.7 Å². The van der Waals surface area contributed by atoms with E-state index in [-0.39, 0.29) is 30.9 Å². The van der Waals surface area contributed by atoms with Crippen LogP contribution >= 0.6 is 0 Å². The molecular weight excluding hydrogens is 601 g/mol. The van der Waals surface area contributed by atoms with Crippen LogP contribution in [-0.4, -0.2) is 61.7 Å². The largest absolute Gasteiger partial charge is 0.481 e. The van der Waals surface area contributed by atoms with Crippen LogP contribution in [0, 0.1) is 19.8 Å². The highest BCUT2D eigenvalue weighted by Crippen LogP contribution is 2.33. The summed E-state index contributed by atoms with van der Waals surface area (Å²) < 4.78 is 44.3. The first-order chi connectivity index (χ1) is 21.6. The van der Waals surface area contributed by atoms with E-state index in [1.165, 1.54) is 10.7 Å². The number of pyridine rings is 1. The number of nitrogens with one attached hydrogen (secondary N) is 1. The van der Waals surface area contributed by atoms with E-state index in [0.29, 0.717) is 23.1 Å². The van der Waals surface area contributed by atoms with E-state index in [1.54, 1.807) is 31.1 Å². The van der Waals surface area contributed by atoms with Gasteiger partial charge in [0.25, 0.3) is 5.56 Å². The van der Waals surface area contributed by atoms with Gasteiger partial charge in [0.1, 0.15) is 6.04 Å². The quantitative estimate of drug-likeness (QED) is 0.218. The van der Waals surface area contributed by atoms with Crippen LogP contribution < -0.4 is 10.9 Å². The van der Waals surface area contributed by atoms with Crippen molar-refractivity contribution in [1.82, 2.24) is 29.4 Å². The summed E-state index contributed by atoms with van der Waals surface area (Å²) in [4.78, 5) is 45.8. The van der Waals surface area contributed by atoms with Crippen LogP contribution in [-0.2, 0) is 22.2 Å². The Morgan fingerprint density at radius 2 is 1.76 bits per heavy atom. The number of carbonyl (C=O) groups excluding carboxylic acids is 1. The average molecular weight is 641 g/mol. The van der Waals surface area contributed by atoms with Crippen molar-refractivity contribution < 1.29 is 27.9 Å². The monoisotopic (exact) mass is 640 g/mol. The average Bonchev–Trinajstić information content (AvgIpc) is 3.42. The molecule has 4 aromatic rings. The van der Waals surface area contributed by atoms with Crippen molar-refractivity contribution in [3.8, 4) is 11.3 Å². The van der Waals surface area contributed by atoms with Gasteiger partial charge in [0.05, 0.1) is 35.6 Å². The number of amides is 1. The van der Waals surface area contributed by atoms with Crippen LogP contribution in [0.3, 0.4) is 0 Å². The van der Waals surface area contributed by atoms with E-state index in [1.807, 2.05) is 45.9 Å². The summed E-state index contributed by atoms with van der Waals surface area (Å²) in [7, 11) is 3.45. The number of aryl methyl sites for hydroxylation is 2. The molecule has 0 aliphatic heterocycles. The fourth-order valence-corrected chi connectivity index (χ4v) is 5.64. The number of hydrogen-bond donors (Lipinski definition) is 2. The van der Waals surface area contributed by atoms with Gasteiger partial charge in [-0.2, -0.15) is 18.3 Å². The topological polar surface area (TPSA) is 122 Å². The first-order valence-electron chi connectivity index (χ1n) is 15.0. The highest BCUT2D eigenvalue weighted by atomic mass is 19.4. The van der Waals surface area contributed by atoms with Crippen molar-refractivity contribution in [2.45, 2.75) is 65.2 Å². The Kier molecular flexibility index (Phi) is 10.3. The predicted octanol–water partition coefficient (Wildman–Crippen LogP) is 5.22. The molecule has 0 radical (unpaired) electrons. The number of halogens is 3. The van der Waals surface area contributed by atoms with E-state index < -0.39 is 47.7 Å². The summed E-state index contributed by atoms with van der Waals surface area (Å²) in [6, 6.07) is 7.35. The van der Waals surface area contributed by atoms with Crippen molar-refractivity contribution in [2.75, 3.05) is 20.6 Å². The molecule has 2 atom stereocenters. The highest BCUT2D eigenvalue weighted by molar-refractivity contribution is 5.82. The number of fused-ring (bicyclic) bond motifs is 1. The van der Waals surface area contributed by atoms with E-state index in [0.717, 1.165) is 27.5 Å². The molecule has 0 spiro atoms. The summed E-state index contributed by atoms with van der Waals surface area (Å²) in [5, 5.41) is 17.0. The maximum Gasteiger partial charge on any atom is 0.416 e. The van der Waals surface area contributed by atoms with Crippen molar-refractivity contribution in [2.24, 2.45) is 5.92 Å². The number of carboxylic acids is 1. The SMILES string of the molecule is Cc1cccc(C)c1-c1cc([C@@H](CC(=O)O)NC(=O)[C@@H](CC(C)C)n2cc(CCN(C)C)c(C(F)(F)F)cc2=O)n2nccc2n1. The molecule has 0 fully saturated rings. The van der Waals surface area contributed by atoms with E-state index in [2.05, 4.69) is 10.4 Å². The first-order valence-corrected chi connectivity index (χ1v) is 15.0. The number of hydrogen-bond acceptors (Lipinski definition) is 6. The number of rotatable bonds is 12. The fraction of sp³-hybridized carbons (Fsp3) is 0.424. The molecule has 46 heavy (non-hydrogen) atoms. The van der Waals surface area contributed by atoms with E-state index in [9.17, 15) is 32.7 Å². The Morgan fingerprint density at radius 1 is 1.09 bits per heavy atom. The van der Waals surface area contributed by atoms with Crippen molar-refractivity contribution in [3.63, 3.8) is 0 Å². The minimum Gasteiger partial charge on any atom is -0.481 e. The Labute approximate surface area is 264 Å². The van der Waals surface area contributed by atoms with E-state index in [4.69, 9.17) is 4.98 Å². The number of likely N-dealkylation sites (N-methyl/N-ethyl adjacent to an activating group) is 1. The summed E-state index contributed by atoms with van der Waals surface area (Å²) >= 11 is 0. The zero-order chi connectivity index (χ0) is 33.9. The first kappa shape index (κ1) is 34.4. The van der Waals surface area contributed by atoms with Crippen molar-refractivity contribution >= 4 is 17.5 Å². The second-order valence-corrected chi connectivity index (χ2v) is 12.2. The summed E-state index contributed by atoms with van der Waals surface area (Å²) in [5.41, 5.74) is 1.96. The normalized spacial score (nSPS) is 13.4. The maximum atomic E-state index is 14.1. The number of benzene rings is 1. The third kappa shape index (κ3) is 7.82. The van der Waals surface area contributed by atoms with Crippen LogP contribution in [0.15, 0.2) is 53.6 Å². The number of aliphatic carboxylic acids is 1. The summed E-state index contributed by atoms with van der Waals surface area (Å²) in [5.74, 6) is -2.04. The molecule has 2 N–H and O–H groups in total. The maximum absolute atomic E-state index is 14.1. The standard InChI is InChI=1S/C33H39F3N6O4/c1-19(2)14-27(41-18-22(11-13-40(5)6)23(15-29(41)43)33(34,35)36)32(46)39-24(17-30(44)45)26-16-25(38-28-10-12-37-42(26)28)31-20(3)8-7-9-21(31)4/h7-10,12,15-16,18-19,24,27H,11,13-14,17H2,1-6H3,(H,39,46)(H,44,45)/t24-,27-/m1/s1. The van der Waals surface area contributed by atoms with Gasteiger partial charge in [-0.05, 0) is 69.5 Å². The van der Waals surface area contributed by atoms with Gasteiger partial charge in [-0.3, -0.25) is 14.4 Å². The third-order valence-corrected chi connectivity index (χ3v) is 7.81. The molecule has 0 unspecified atom stereocenters. The Hall–Kier alpha value is -4.52. The molecular formula is C33H39F3N6O4. The summed E-state index contributed by atoms with van der Waals surface area (Å²) in [6.45, 7) is 7.81. The molecule has 4 rings (SSSR count). The van der Waals surface area contributed by atoms with Crippen molar-refractivity contribution in [1.29, 1.82) is 0 Å². The molecule has 10 nitrogen and oxygen atoms in total. The lowest BCUT2D eigenvalue weighted by atomic mass is 9.97. The van der Waals surface area contributed by atoms with Gasteiger partial charge in [0, 0.05) is 30.4 Å². The lowest BCUT2D eigenvalue weighted by Crippen LogP contribution is -2.41. The fourth-order valence-electron chi connectivity index (χ4n) is 5.64. The zero-order valence-corrected chi connectivity index (χ0v) is 26.7. The molecule has 0 aliphatic carbocycles. The van der Waals surface area contributed by atoms with Crippen LogP contribution in [0.5, 0.6) is 0 Å². The summed E-state index contributed by atoms with van der Waals surface area (Å²) in [6.07, 6.45) is -2.54. The van der Waals surface area contributed by atoms with Crippen molar-refractivity contribution in [3.05, 3.63) is 87.1 Å². The molecule has 13 heteroatoms.